The maximum absolute atomic E-state index is 5.80. The van der Waals surface area contributed by atoms with Gasteiger partial charge in [-0.15, -0.1) is 0 Å². The van der Waals surface area contributed by atoms with Crippen LogP contribution in [0.5, 0.6) is 5.75 Å². The quantitative estimate of drug-likeness (QED) is 0.543. The monoisotopic (exact) mass is 379 g/mol. The van der Waals surface area contributed by atoms with E-state index in [1.165, 1.54) is 5.56 Å². The summed E-state index contributed by atoms with van der Waals surface area (Å²) in [5.74, 6) is 1.46. The molecule has 3 aromatic rings. The van der Waals surface area contributed by atoms with Crippen molar-refractivity contribution in [2.24, 2.45) is 0 Å². The highest BCUT2D eigenvalue weighted by molar-refractivity contribution is 5.58. The Morgan fingerprint density at radius 3 is 2.86 bits per heavy atom. The molecule has 1 saturated heterocycles. The number of nitrogens with zero attached hydrogens (tertiary/aromatic N) is 2. The molecule has 1 aliphatic heterocycles. The minimum Gasteiger partial charge on any atom is -0.490 e. The topological polar surface area (TPSA) is 69.4 Å². The van der Waals surface area contributed by atoms with Crippen molar-refractivity contribution in [1.82, 2.24) is 15.5 Å². The number of hydrogen-bond acceptors (Lipinski definition) is 6. The van der Waals surface area contributed by atoms with Crippen molar-refractivity contribution >= 4 is 0 Å². The molecule has 6 heteroatoms. The number of pyridine rings is 1. The third kappa shape index (κ3) is 5.18. The van der Waals surface area contributed by atoms with E-state index < -0.39 is 0 Å². The van der Waals surface area contributed by atoms with Crippen molar-refractivity contribution in [2.45, 2.75) is 31.9 Å². The Labute approximate surface area is 164 Å². The first-order valence-electron chi connectivity index (χ1n) is 9.76. The molecule has 28 heavy (non-hydrogen) atoms. The van der Waals surface area contributed by atoms with Gasteiger partial charge < -0.3 is 19.3 Å². The van der Waals surface area contributed by atoms with Crippen molar-refractivity contribution in [2.75, 3.05) is 19.8 Å². The van der Waals surface area contributed by atoms with Gasteiger partial charge in [-0.25, -0.2) is 0 Å². The van der Waals surface area contributed by atoms with Crippen LogP contribution < -0.4 is 10.1 Å². The zero-order valence-corrected chi connectivity index (χ0v) is 15.8. The van der Waals surface area contributed by atoms with E-state index >= 15 is 0 Å². The molecule has 1 N–H and O–H groups in total. The Balaban J connectivity index is 1.23. The van der Waals surface area contributed by atoms with Gasteiger partial charge >= 0.3 is 0 Å². The lowest BCUT2D eigenvalue weighted by molar-refractivity contribution is 0.118. The number of benzene rings is 1. The Morgan fingerprint density at radius 1 is 1.14 bits per heavy atom. The first-order valence-corrected chi connectivity index (χ1v) is 9.76. The second-order valence-electron chi connectivity index (χ2n) is 6.98. The molecule has 0 bridgehead atoms. The summed E-state index contributed by atoms with van der Waals surface area (Å²) in [5, 5.41) is 7.48. The van der Waals surface area contributed by atoms with Gasteiger partial charge in [0, 0.05) is 30.5 Å². The fourth-order valence-electron chi connectivity index (χ4n) is 3.01. The molecule has 6 nitrogen and oxygen atoms in total. The number of rotatable bonds is 10. The van der Waals surface area contributed by atoms with Gasteiger partial charge in [0.05, 0.1) is 18.5 Å². The Morgan fingerprint density at radius 2 is 2.04 bits per heavy atom. The molecule has 0 radical (unpaired) electrons. The SMILES string of the molecule is c1ccc(COCCCc2cc(-c3cncc(OC[C@@H]4CCN4)c3)on2)cc1. The number of aryl methyl sites for hydroxylation is 1. The average molecular weight is 379 g/mol. The molecule has 0 saturated carbocycles. The van der Waals surface area contributed by atoms with Gasteiger partial charge in [-0.2, -0.15) is 0 Å². The maximum Gasteiger partial charge on any atom is 0.168 e. The van der Waals surface area contributed by atoms with Crippen LogP contribution in [0.15, 0.2) is 59.4 Å². The molecule has 0 unspecified atom stereocenters. The summed E-state index contributed by atoms with van der Waals surface area (Å²) in [6, 6.07) is 14.5. The zero-order chi connectivity index (χ0) is 19.0. The largest absolute Gasteiger partial charge is 0.490 e. The molecule has 2 aromatic heterocycles. The summed E-state index contributed by atoms with van der Waals surface area (Å²) < 4.78 is 17.0. The third-order valence-corrected chi connectivity index (χ3v) is 4.77. The van der Waals surface area contributed by atoms with Crippen LogP contribution in [0.25, 0.3) is 11.3 Å². The Hall–Kier alpha value is -2.70. The van der Waals surface area contributed by atoms with Crippen LogP contribution in [-0.4, -0.2) is 35.9 Å². The fraction of sp³-hybridized carbons (Fsp3) is 0.364. The first-order chi connectivity index (χ1) is 13.9. The van der Waals surface area contributed by atoms with Crippen LogP contribution >= 0.6 is 0 Å². The highest BCUT2D eigenvalue weighted by atomic mass is 16.5. The second kappa shape index (κ2) is 9.48. The summed E-state index contributed by atoms with van der Waals surface area (Å²) in [6.07, 6.45) is 6.36. The first kappa shape index (κ1) is 18.7. The van der Waals surface area contributed by atoms with E-state index in [1.807, 2.05) is 30.3 Å². The average Bonchev–Trinajstić information content (AvgIpc) is 3.17. The van der Waals surface area contributed by atoms with Crippen LogP contribution in [0, 0.1) is 0 Å². The van der Waals surface area contributed by atoms with Crippen LogP contribution in [0.2, 0.25) is 0 Å². The third-order valence-electron chi connectivity index (χ3n) is 4.77. The van der Waals surface area contributed by atoms with Crippen LogP contribution in [0.4, 0.5) is 0 Å². The molecule has 4 rings (SSSR count). The molecule has 146 valence electrons. The highest BCUT2D eigenvalue weighted by Crippen LogP contribution is 2.24. The predicted octanol–water partition coefficient (Wildman–Crippen LogP) is 3.63. The predicted molar refractivity (Wildman–Crippen MR) is 106 cm³/mol. The standard InChI is InChI=1S/C22H25N3O3/c1-2-5-17(6-3-1)15-26-10-4-7-19-12-22(28-25-19)18-11-21(14-23-13-18)27-16-20-8-9-24-20/h1-3,5-6,11-14,20,24H,4,7-10,15-16H2/t20-/m0/s1. The van der Waals surface area contributed by atoms with Gasteiger partial charge in [0.2, 0.25) is 0 Å². The second-order valence-corrected chi connectivity index (χ2v) is 6.98. The minimum absolute atomic E-state index is 0.449. The van der Waals surface area contributed by atoms with Gasteiger partial charge in [0.15, 0.2) is 5.76 Å². The number of ether oxygens (including phenoxy) is 2. The van der Waals surface area contributed by atoms with Gasteiger partial charge in [-0.3, -0.25) is 4.98 Å². The lowest BCUT2D eigenvalue weighted by Crippen LogP contribution is -2.46. The van der Waals surface area contributed by atoms with Crippen molar-refractivity contribution in [1.29, 1.82) is 0 Å². The van der Waals surface area contributed by atoms with Gasteiger partial charge in [-0.1, -0.05) is 35.5 Å². The smallest absolute Gasteiger partial charge is 0.168 e. The summed E-state index contributed by atoms with van der Waals surface area (Å²) >= 11 is 0. The van der Waals surface area contributed by atoms with Gasteiger partial charge in [0.1, 0.15) is 12.4 Å². The number of nitrogens with one attached hydrogen (secondary N) is 1. The van der Waals surface area contributed by atoms with Gasteiger partial charge in [0.25, 0.3) is 0 Å². The molecular weight excluding hydrogens is 354 g/mol. The highest BCUT2D eigenvalue weighted by Gasteiger charge is 2.17. The van der Waals surface area contributed by atoms with E-state index in [0.717, 1.165) is 42.8 Å². The molecule has 1 fully saturated rings. The van der Waals surface area contributed by atoms with E-state index in [9.17, 15) is 0 Å². The normalized spacial score (nSPS) is 15.9. The number of aromatic nitrogens is 2. The van der Waals surface area contributed by atoms with Crippen LogP contribution in [0.3, 0.4) is 0 Å². The fourth-order valence-corrected chi connectivity index (χ4v) is 3.01. The molecule has 0 spiro atoms. The molecule has 0 aliphatic carbocycles. The number of hydrogen-bond donors (Lipinski definition) is 1. The van der Waals surface area contributed by atoms with Crippen molar-refractivity contribution in [3.63, 3.8) is 0 Å². The van der Waals surface area contributed by atoms with E-state index in [0.29, 0.717) is 31.6 Å². The summed E-state index contributed by atoms with van der Waals surface area (Å²) in [6.45, 7) is 3.07. The summed E-state index contributed by atoms with van der Waals surface area (Å²) in [7, 11) is 0. The zero-order valence-electron chi connectivity index (χ0n) is 15.8. The van der Waals surface area contributed by atoms with Crippen molar-refractivity contribution in [3.8, 4) is 17.1 Å². The molecule has 1 aliphatic rings. The van der Waals surface area contributed by atoms with Gasteiger partial charge in [-0.05, 0) is 37.4 Å². The van der Waals surface area contributed by atoms with E-state index in [-0.39, 0.29) is 0 Å². The lowest BCUT2D eigenvalue weighted by atomic mass is 10.1. The molecular formula is C22H25N3O3. The van der Waals surface area contributed by atoms with E-state index in [2.05, 4.69) is 27.6 Å². The van der Waals surface area contributed by atoms with Crippen molar-refractivity contribution in [3.05, 3.63) is 66.1 Å². The summed E-state index contributed by atoms with van der Waals surface area (Å²) in [4.78, 5) is 4.25. The minimum atomic E-state index is 0.449. The molecule has 1 aromatic carbocycles. The lowest BCUT2D eigenvalue weighted by Gasteiger charge is -2.27. The molecule has 1 atom stereocenters. The molecule has 0 amide bonds. The summed E-state index contributed by atoms with van der Waals surface area (Å²) in [5.41, 5.74) is 2.98. The van der Waals surface area contributed by atoms with Crippen LogP contribution in [-0.2, 0) is 17.8 Å². The Bertz CT molecular complexity index is 862. The maximum atomic E-state index is 5.80. The molecule has 3 heterocycles. The van der Waals surface area contributed by atoms with E-state index in [1.54, 1.807) is 12.4 Å². The van der Waals surface area contributed by atoms with Crippen molar-refractivity contribution < 1.29 is 14.0 Å². The van der Waals surface area contributed by atoms with Crippen LogP contribution in [0.1, 0.15) is 24.1 Å². The Kier molecular flexibility index (Phi) is 6.32. The van der Waals surface area contributed by atoms with E-state index in [4.69, 9.17) is 14.0 Å².